The van der Waals surface area contributed by atoms with Gasteiger partial charge in [0.1, 0.15) is 12.1 Å². The van der Waals surface area contributed by atoms with Crippen molar-refractivity contribution in [3.63, 3.8) is 0 Å². The molecule has 2 aliphatic rings. The van der Waals surface area contributed by atoms with E-state index in [2.05, 4.69) is 29.6 Å². The van der Waals surface area contributed by atoms with E-state index in [-0.39, 0.29) is 31.4 Å². The smallest absolute Gasteiger partial charge is 0.407 e. The number of nitrogens with one attached hydrogen (secondary N) is 1. The number of carbonyl (C=O) groups excluding carboxylic acids is 2. The molecule has 1 fully saturated rings. The van der Waals surface area contributed by atoms with Crippen molar-refractivity contribution in [1.82, 2.24) is 10.2 Å². The summed E-state index contributed by atoms with van der Waals surface area (Å²) in [7, 11) is 1.46. The van der Waals surface area contributed by atoms with Crippen molar-refractivity contribution >= 4 is 18.0 Å². The Balaban J connectivity index is 1.31. The monoisotopic (exact) mass is 480 g/mol. The lowest BCUT2D eigenvalue weighted by atomic mass is 9.88. The van der Waals surface area contributed by atoms with Crippen LogP contribution < -0.4 is 5.32 Å². The molecule has 0 radical (unpaired) electrons. The highest BCUT2D eigenvalue weighted by Gasteiger charge is 2.44. The van der Waals surface area contributed by atoms with Crippen LogP contribution in [-0.2, 0) is 19.1 Å². The maximum absolute atomic E-state index is 12.9. The normalized spacial score (nSPS) is 20.0. The van der Waals surface area contributed by atoms with Crippen LogP contribution in [-0.4, -0.2) is 66.4 Å². The molecule has 1 aliphatic heterocycles. The Morgan fingerprint density at radius 1 is 1.09 bits per heavy atom. The second-order valence-electron chi connectivity index (χ2n) is 9.35. The number of methoxy groups -OCH3 is 1. The van der Waals surface area contributed by atoms with Gasteiger partial charge in [-0.2, -0.15) is 0 Å². The molecule has 2 N–H and O–H groups in total. The lowest BCUT2D eigenvalue weighted by molar-refractivity contribution is -0.162. The molecule has 8 nitrogen and oxygen atoms in total. The Morgan fingerprint density at radius 3 is 2.31 bits per heavy atom. The molecule has 2 amide bonds. The van der Waals surface area contributed by atoms with Gasteiger partial charge in [0.05, 0.1) is 12.5 Å². The molecule has 0 aromatic heterocycles. The predicted molar refractivity (Wildman–Crippen MR) is 130 cm³/mol. The van der Waals surface area contributed by atoms with Gasteiger partial charge in [-0.25, -0.2) is 9.59 Å². The van der Waals surface area contributed by atoms with E-state index in [0.29, 0.717) is 13.0 Å². The van der Waals surface area contributed by atoms with Gasteiger partial charge in [0.15, 0.2) is 0 Å². The number of carboxylic acids is 1. The third-order valence-corrected chi connectivity index (χ3v) is 7.21. The van der Waals surface area contributed by atoms with Crippen molar-refractivity contribution < 1.29 is 29.0 Å². The Kier molecular flexibility index (Phi) is 7.40. The summed E-state index contributed by atoms with van der Waals surface area (Å²) in [5, 5.41) is 12.3. The number of nitrogens with zero attached hydrogens (tertiary/aromatic N) is 1. The van der Waals surface area contributed by atoms with Gasteiger partial charge in [0.2, 0.25) is 5.91 Å². The molecule has 1 heterocycles. The van der Waals surface area contributed by atoms with Crippen LogP contribution >= 0.6 is 0 Å². The number of rotatable bonds is 8. The summed E-state index contributed by atoms with van der Waals surface area (Å²) in [6, 6.07) is 16.2. The zero-order valence-corrected chi connectivity index (χ0v) is 20.2. The molecular formula is C27H32N2O6. The molecular weight excluding hydrogens is 448 g/mol. The topological polar surface area (TPSA) is 105 Å². The van der Waals surface area contributed by atoms with Gasteiger partial charge >= 0.3 is 12.1 Å². The molecule has 0 saturated carbocycles. The zero-order valence-electron chi connectivity index (χ0n) is 20.2. The van der Waals surface area contributed by atoms with E-state index in [4.69, 9.17) is 9.47 Å². The van der Waals surface area contributed by atoms with Crippen LogP contribution in [0.4, 0.5) is 4.79 Å². The summed E-state index contributed by atoms with van der Waals surface area (Å²) in [6.45, 7) is 2.26. The van der Waals surface area contributed by atoms with Gasteiger partial charge in [-0.15, -0.1) is 0 Å². The van der Waals surface area contributed by atoms with Crippen LogP contribution in [0.1, 0.15) is 49.7 Å². The molecule has 2 unspecified atom stereocenters. The van der Waals surface area contributed by atoms with E-state index < -0.39 is 23.7 Å². The number of aliphatic carboxylic acids is 1. The molecule has 0 bridgehead atoms. The highest BCUT2D eigenvalue weighted by Crippen LogP contribution is 2.44. The summed E-state index contributed by atoms with van der Waals surface area (Å²) in [5.74, 6) is -1.34. The number of piperidine rings is 1. The van der Waals surface area contributed by atoms with Crippen LogP contribution in [0.3, 0.4) is 0 Å². The average Bonchev–Trinajstić information content (AvgIpc) is 3.19. The molecule has 186 valence electrons. The van der Waals surface area contributed by atoms with E-state index in [0.717, 1.165) is 35.1 Å². The Bertz CT molecular complexity index is 1060. The third kappa shape index (κ3) is 5.03. The van der Waals surface area contributed by atoms with Crippen LogP contribution in [0, 0.1) is 0 Å². The number of hydrogen-bond donors (Lipinski definition) is 2. The minimum atomic E-state index is -1.21. The number of carboxylic acid groups (broad SMARTS) is 1. The van der Waals surface area contributed by atoms with Crippen molar-refractivity contribution in [2.45, 2.75) is 50.2 Å². The highest BCUT2D eigenvalue weighted by atomic mass is 16.5. The minimum absolute atomic E-state index is 0.0248. The van der Waals surface area contributed by atoms with E-state index in [1.807, 2.05) is 24.3 Å². The summed E-state index contributed by atoms with van der Waals surface area (Å²) < 4.78 is 10.9. The second kappa shape index (κ2) is 10.5. The van der Waals surface area contributed by atoms with Crippen LogP contribution in [0.25, 0.3) is 11.1 Å². The number of alkyl carbamates (subject to hydrolysis) is 1. The number of amides is 2. The van der Waals surface area contributed by atoms with E-state index >= 15 is 0 Å². The van der Waals surface area contributed by atoms with Crippen molar-refractivity contribution in [3.05, 3.63) is 59.7 Å². The van der Waals surface area contributed by atoms with E-state index in [9.17, 15) is 19.5 Å². The quantitative estimate of drug-likeness (QED) is 0.596. The van der Waals surface area contributed by atoms with Crippen LogP contribution in [0.5, 0.6) is 0 Å². The first-order valence-electron chi connectivity index (χ1n) is 12.0. The summed E-state index contributed by atoms with van der Waals surface area (Å²) in [5.41, 5.74) is 3.35. The van der Waals surface area contributed by atoms with Gasteiger partial charge in [-0.3, -0.25) is 4.79 Å². The average molecular weight is 481 g/mol. The fourth-order valence-corrected chi connectivity index (χ4v) is 5.13. The lowest BCUT2D eigenvalue weighted by Gasteiger charge is -2.42. The number of hydrogen-bond acceptors (Lipinski definition) is 5. The van der Waals surface area contributed by atoms with Crippen molar-refractivity contribution in [3.8, 4) is 11.1 Å². The Labute approximate surface area is 205 Å². The zero-order chi connectivity index (χ0) is 25.0. The maximum Gasteiger partial charge on any atom is 0.407 e. The van der Waals surface area contributed by atoms with Crippen LogP contribution in [0.2, 0.25) is 0 Å². The summed E-state index contributed by atoms with van der Waals surface area (Å²) in [4.78, 5) is 38.6. The molecule has 8 heteroatoms. The van der Waals surface area contributed by atoms with Crippen LogP contribution in [0.15, 0.2) is 48.5 Å². The molecule has 2 aromatic rings. The first kappa shape index (κ1) is 24.7. The highest BCUT2D eigenvalue weighted by molar-refractivity contribution is 5.87. The predicted octanol–water partition coefficient (Wildman–Crippen LogP) is 3.79. The van der Waals surface area contributed by atoms with E-state index in [1.165, 1.54) is 12.0 Å². The first-order valence-corrected chi connectivity index (χ1v) is 12.0. The second-order valence-corrected chi connectivity index (χ2v) is 9.35. The largest absolute Gasteiger partial charge is 0.480 e. The molecule has 2 atom stereocenters. The lowest BCUT2D eigenvalue weighted by Crippen LogP contribution is -2.58. The summed E-state index contributed by atoms with van der Waals surface area (Å²) >= 11 is 0. The van der Waals surface area contributed by atoms with Gasteiger partial charge < -0.3 is 24.8 Å². The number of ether oxygens (including phenoxy) is 2. The Hall–Kier alpha value is -3.39. The molecule has 35 heavy (non-hydrogen) atoms. The first-order chi connectivity index (χ1) is 16.8. The molecule has 0 spiro atoms. The van der Waals surface area contributed by atoms with Gasteiger partial charge in [-0.1, -0.05) is 48.5 Å². The Morgan fingerprint density at radius 2 is 1.71 bits per heavy atom. The standard InChI is InChI=1S/C27H32N2O6/c1-27(25(31)32)13-7-8-14-29(27)24(30)15-18(34-2)16-28-26(33)35-17-23-21-11-5-3-9-19(21)20-10-4-6-12-22(20)23/h3-6,9-12,18,23H,7-8,13-17H2,1-2H3,(H,28,33)(H,31,32). The van der Waals surface area contributed by atoms with Gasteiger partial charge in [-0.05, 0) is 48.4 Å². The fraction of sp³-hybridized carbons (Fsp3) is 0.444. The molecule has 1 saturated heterocycles. The van der Waals surface area contributed by atoms with Gasteiger partial charge in [0.25, 0.3) is 0 Å². The molecule has 1 aliphatic carbocycles. The van der Waals surface area contributed by atoms with Crippen molar-refractivity contribution in [2.75, 3.05) is 26.8 Å². The fourth-order valence-electron chi connectivity index (χ4n) is 5.13. The number of likely N-dealkylation sites (tertiary alicyclic amines) is 1. The van der Waals surface area contributed by atoms with Crippen molar-refractivity contribution in [1.29, 1.82) is 0 Å². The number of carbonyl (C=O) groups is 3. The van der Waals surface area contributed by atoms with Crippen molar-refractivity contribution in [2.24, 2.45) is 0 Å². The minimum Gasteiger partial charge on any atom is -0.480 e. The maximum atomic E-state index is 12.9. The summed E-state index contributed by atoms with van der Waals surface area (Å²) in [6.07, 6.45) is 0.748. The SMILES string of the molecule is COC(CNC(=O)OCC1c2ccccc2-c2ccccc21)CC(=O)N1CCCCC1(C)C(=O)O. The third-order valence-electron chi connectivity index (χ3n) is 7.21. The number of fused-ring (bicyclic) bond motifs is 3. The van der Waals surface area contributed by atoms with E-state index in [1.54, 1.807) is 6.92 Å². The molecule has 2 aromatic carbocycles. The molecule has 4 rings (SSSR count). The number of benzene rings is 2. The van der Waals surface area contributed by atoms with Gasteiger partial charge in [0, 0.05) is 26.1 Å².